The van der Waals surface area contributed by atoms with E-state index in [4.69, 9.17) is 0 Å². The van der Waals surface area contributed by atoms with Gasteiger partial charge in [0, 0.05) is 0 Å². The van der Waals surface area contributed by atoms with Crippen molar-refractivity contribution >= 4 is 0 Å². The van der Waals surface area contributed by atoms with E-state index < -0.39 is 6.36 Å². The molecule has 0 N–H and O–H groups in total. The average Bonchev–Trinajstić information content (AvgIpc) is 2.56. The van der Waals surface area contributed by atoms with Crippen LogP contribution in [0.15, 0.2) is 60.7 Å². The molecule has 4 heteroatoms. The Morgan fingerprint density at radius 2 is 1.12 bits per heavy atom. The van der Waals surface area contributed by atoms with Crippen LogP contribution in [0.4, 0.5) is 13.2 Å². The van der Waals surface area contributed by atoms with Gasteiger partial charge in [-0.2, -0.15) is 0 Å². The molecule has 3 rings (SSSR count). The second kappa shape index (κ2) is 6.87. The molecule has 0 bridgehead atoms. The molecule has 26 heavy (non-hydrogen) atoms. The Balaban J connectivity index is 2.00. The predicted molar refractivity (Wildman–Crippen MR) is 98.2 cm³/mol. The Morgan fingerprint density at radius 3 is 1.58 bits per heavy atom. The molecule has 3 aromatic rings. The molecule has 0 saturated heterocycles. The van der Waals surface area contributed by atoms with Crippen LogP contribution in [0.2, 0.25) is 0 Å². The fourth-order valence-electron chi connectivity index (χ4n) is 3.04. The number of hydrogen-bond acceptors (Lipinski definition) is 1. The molecule has 0 aliphatic rings. The van der Waals surface area contributed by atoms with Crippen molar-refractivity contribution < 1.29 is 17.9 Å². The minimum absolute atomic E-state index is 0.218. The number of aryl methyl sites for hydroxylation is 3. The first kappa shape index (κ1) is 18.1. The van der Waals surface area contributed by atoms with Crippen LogP contribution < -0.4 is 4.74 Å². The Morgan fingerprint density at radius 1 is 0.654 bits per heavy atom. The van der Waals surface area contributed by atoms with Gasteiger partial charge < -0.3 is 4.74 Å². The first-order valence-electron chi connectivity index (χ1n) is 8.27. The molecule has 0 saturated carbocycles. The van der Waals surface area contributed by atoms with Gasteiger partial charge in [0.2, 0.25) is 0 Å². The van der Waals surface area contributed by atoms with Crippen molar-refractivity contribution in [3.05, 3.63) is 77.4 Å². The van der Waals surface area contributed by atoms with Crippen LogP contribution in [0.1, 0.15) is 16.7 Å². The highest BCUT2D eigenvalue weighted by molar-refractivity contribution is 5.78. The molecule has 0 aromatic heterocycles. The van der Waals surface area contributed by atoms with Crippen molar-refractivity contribution in [1.29, 1.82) is 0 Å². The number of alkyl halides is 3. The standard InChI is InChI=1S/C22H19F3O/c1-14-4-6-17(7-5-14)20-13-21(16(3)12-15(20)2)18-8-10-19(11-9-18)26-22(23,24)25/h4-13H,1-3H3. The third-order valence-electron chi connectivity index (χ3n) is 4.33. The Bertz CT molecular complexity index is 908. The topological polar surface area (TPSA) is 9.23 Å². The van der Waals surface area contributed by atoms with Gasteiger partial charge in [-0.1, -0.05) is 48.0 Å². The lowest BCUT2D eigenvalue weighted by Gasteiger charge is -2.14. The van der Waals surface area contributed by atoms with E-state index in [1.54, 1.807) is 12.1 Å². The molecule has 1 nitrogen and oxygen atoms in total. The summed E-state index contributed by atoms with van der Waals surface area (Å²) in [5.41, 5.74) is 7.50. The quantitative estimate of drug-likeness (QED) is 0.499. The van der Waals surface area contributed by atoms with Gasteiger partial charge in [-0.3, -0.25) is 0 Å². The van der Waals surface area contributed by atoms with Gasteiger partial charge in [0.25, 0.3) is 0 Å². The summed E-state index contributed by atoms with van der Waals surface area (Å²) in [4.78, 5) is 0. The van der Waals surface area contributed by atoms with E-state index in [9.17, 15) is 13.2 Å². The molecule has 0 heterocycles. The highest BCUT2D eigenvalue weighted by Crippen LogP contribution is 2.33. The minimum Gasteiger partial charge on any atom is -0.406 e. The monoisotopic (exact) mass is 356 g/mol. The van der Waals surface area contributed by atoms with Gasteiger partial charge in [-0.15, -0.1) is 13.2 Å². The zero-order chi connectivity index (χ0) is 18.9. The number of halogens is 3. The Labute approximate surface area is 151 Å². The summed E-state index contributed by atoms with van der Waals surface area (Å²) in [7, 11) is 0. The molecule has 0 spiro atoms. The molecule has 3 aromatic carbocycles. The average molecular weight is 356 g/mol. The maximum atomic E-state index is 12.3. The second-order valence-corrected chi connectivity index (χ2v) is 6.42. The van der Waals surface area contributed by atoms with Gasteiger partial charge >= 0.3 is 6.36 Å². The van der Waals surface area contributed by atoms with E-state index >= 15 is 0 Å². The van der Waals surface area contributed by atoms with E-state index in [-0.39, 0.29) is 5.75 Å². The van der Waals surface area contributed by atoms with E-state index in [1.807, 2.05) is 13.8 Å². The minimum atomic E-state index is -4.68. The molecule has 134 valence electrons. The fraction of sp³-hybridized carbons (Fsp3) is 0.182. The van der Waals surface area contributed by atoms with E-state index in [0.717, 1.165) is 33.4 Å². The summed E-state index contributed by atoms with van der Waals surface area (Å²) in [5, 5.41) is 0. The van der Waals surface area contributed by atoms with Crippen molar-refractivity contribution in [2.24, 2.45) is 0 Å². The van der Waals surface area contributed by atoms with Crippen LogP contribution in [0.25, 0.3) is 22.3 Å². The number of ether oxygens (including phenoxy) is 1. The number of hydrogen-bond donors (Lipinski definition) is 0. The molecule has 0 radical (unpaired) electrons. The smallest absolute Gasteiger partial charge is 0.406 e. The van der Waals surface area contributed by atoms with E-state index in [0.29, 0.717) is 0 Å². The largest absolute Gasteiger partial charge is 0.573 e. The summed E-state index contributed by atoms with van der Waals surface area (Å²) in [5.74, 6) is -0.218. The molecule has 0 aliphatic heterocycles. The Kier molecular flexibility index (Phi) is 4.77. The van der Waals surface area contributed by atoms with Gasteiger partial charge in [-0.25, -0.2) is 0 Å². The maximum absolute atomic E-state index is 12.3. The summed E-state index contributed by atoms with van der Waals surface area (Å²) in [6, 6.07) is 18.5. The zero-order valence-electron chi connectivity index (χ0n) is 14.8. The maximum Gasteiger partial charge on any atom is 0.573 e. The SMILES string of the molecule is Cc1ccc(-c2cc(-c3ccc(OC(F)(F)F)cc3)c(C)cc2C)cc1. The Hall–Kier alpha value is -2.75. The third-order valence-corrected chi connectivity index (χ3v) is 4.33. The van der Waals surface area contributed by atoms with Crippen LogP contribution >= 0.6 is 0 Å². The first-order chi connectivity index (χ1) is 12.2. The second-order valence-electron chi connectivity index (χ2n) is 6.42. The van der Waals surface area contributed by atoms with Crippen molar-refractivity contribution in [2.75, 3.05) is 0 Å². The molecule has 0 aliphatic carbocycles. The molecule has 0 fully saturated rings. The van der Waals surface area contributed by atoms with Crippen LogP contribution in [0.3, 0.4) is 0 Å². The van der Waals surface area contributed by atoms with Crippen LogP contribution in [0, 0.1) is 20.8 Å². The van der Waals surface area contributed by atoms with Crippen LogP contribution in [0.5, 0.6) is 5.75 Å². The number of benzene rings is 3. The zero-order valence-corrected chi connectivity index (χ0v) is 14.8. The van der Waals surface area contributed by atoms with Crippen molar-refractivity contribution in [2.45, 2.75) is 27.1 Å². The van der Waals surface area contributed by atoms with Crippen molar-refractivity contribution in [3.8, 4) is 28.0 Å². The van der Waals surface area contributed by atoms with Gasteiger partial charge in [0.1, 0.15) is 5.75 Å². The van der Waals surface area contributed by atoms with Gasteiger partial charge in [0.15, 0.2) is 0 Å². The van der Waals surface area contributed by atoms with E-state index in [2.05, 4.69) is 48.1 Å². The summed E-state index contributed by atoms with van der Waals surface area (Å²) < 4.78 is 40.9. The lowest BCUT2D eigenvalue weighted by Crippen LogP contribution is -2.16. The lowest BCUT2D eigenvalue weighted by molar-refractivity contribution is -0.274. The molecule has 0 amide bonds. The normalized spacial score (nSPS) is 11.5. The molecular formula is C22H19F3O. The molecule has 0 atom stereocenters. The van der Waals surface area contributed by atoms with Crippen LogP contribution in [-0.4, -0.2) is 6.36 Å². The van der Waals surface area contributed by atoms with Gasteiger partial charge in [0.05, 0.1) is 0 Å². The highest BCUT2D eigenvalue weighted by Gasteiger charge is 2.31. The highest BCUT2D eigenvalue weighted by atomic mass is 19.4. The van der Waals surface area contributed by atoms with Crippen LogP contribution in [-0.2, 0) is 0 Å². The number of rotatable bonds is 3. The fourth-order valence-corrected chi connectivity index (χ4v) is 3.04. The summed E-state index contributed by atoms with van der Waals surface area (Å²) >= 11 is 0. The lowest BCUT2D eigenvalue weighted by atomic mass is 9.91. The van der Waals surface area contributed by atoms with Crippen molar-refractivity contribution in [1.82, 2.24) is 0 Å². The third kappa shape index (κ3) is 4.07. The first-order valence-corrected chi connectivity index (χ1v) is 8.27. The predicted octanol–water partition coefficient (Wildman–Crippen LogP) is 6.84. The summed E-state index contributed by atoms with van der Waals surface area (Å²) in [6.45, 7) is 6.11. The molecular weight excluding hydrogens is 337 g/mol. The molecule has 0 unspecified atom stereocenters. The van der Waals surface area contributed by atoms with E-state index in [1.165, 1.54) is 17.7 Å². The van der Waals surface area contributed by atoms with Gasteiger partial charge in [-0.05, 0) is 72.4 Å². The summed E-state index contributed by atoms with van der Waals surface area (Å²) in [6.07, 6.45) is -4.68. The van der Waals surface area contributed by atoms with Crippen molar-refractivity contribution in [3.63, 3.8) is 0 Å².